The highest BCUT2D eigenvalue weighted by molar-refractivity contribution is 5.64. The molecule has 70 valence electrons. The van der Waals surface area contributed by atoms with Gasteiger partial charge in [0.1, 0.15) is 0 Å². The molecule has 0 fully saturated rings. The van der Waals surface area contributed by atoms with Gasteiger partial charge in [0, 0.05) is 17.8 Å². The van der Waals surface area contributed by atoms with E-state index in [0.29, 0.717) is 0 Å². The maximum atomic E-state index is 3.93. The van der Waals surface area contributed by atoms with E-state index in [4.69, 9.17) is 0 Å². The average molecular weight is 183 g/mol. The highest BCUT2D eigenvalue weighted by Crippen LogP contribution is 2.19. The number of fused-ring (bicyclic) bond motifs is 1. The van der Waals surface area contributed by atoms with E-state index in [1.54, 1.807) is 0 Å². The van der Waals surface area contributed by atoms with Crippen molar-refractivity contribution >= 4 is 11.6 Å². The minimum absolute atomic E-state index is 0.931. The van der Waals surface area contributed by atoms with E-state index >= 15 is 0 Å². The number of hydrogen-bond acceptors (Lipinski definition) is 0. The Hall–Kier alpha value is -1.72. The van der Waals surface area contributed by atoms with Crippen molar-refractivity contribution in [2.45, 2.75) is 13.3 Å². The summed E-state index contributed by atoms with van der Waals surface area (Å²) < 4.78 is 0. The van der Waals surface area contributed by atoms with Crippen LogP contribution in [0.3, 0.4) is 0 Å². The Kier molecular flexibility index (Phi) is 2.26. The molecular weight excluding hydrogens is 170 g/mol. The predicted octanol–water partition coefficient (Wildman–Crippen LogP) is 3.33. The molecule has 0 spiro atoms. The van der Waals surface area contributed by atoms with Crippen molar-refractivity contribution in [3.05, 3.63) is 53.6 Å². The molecule has 0 bridgehead atoms. The molecule has 1 aliphatic rings. The molecule has 1 aromatic rings. The summed E-state index contributed by atoms with van der Waals surface area (Å²) in [4.78, 5) is 3.35. The van der Waals surface area contributed by atoms with Crippen LogP contribution in [0.25, 0.3) is 11.6 Å². The van der Waals surface area contributed by atoms with Gasteiger partial charge in [-0.15, -0.1) is 5.73 Å². The van der Waals surface area contributed by atoms with Gasteiger partial charge in [-0.1, -0.05) is 12.7 Å². The second-order valence-electron chi connectivity index (χ2n) is 3.50. The lowest BCUT2D eigenvalue weighted by Crippen LogP contribution is -1.82. The molecule has 1 heteroatoms. The van der Waals surface area contributed by atoms with Gasteiger partial charge in [-0.05, 0) is 42.4 Å². The molecule has 0 saturated carbocycles. The Morgan fingerprint density at radius 1 is 1.57 bits per heavy atom. The number of allylic oxidation sites excluding steroid dienone is 3. The number of nitrogens with one attached hydrogen (secondary N) is 1. The summed E-state index contributed by atoms with van der Waals surface area (Å²) >= 11 is 0. The van der Waals surface area contributed by atoms with Crippen LogP contribution < -0.4 is 0 Å². The zero-order valence-electron chi connectivity index (χ0n) is 8.30. The number of hydrogen-bond donors (Lipinski definition) is 1. The monoisotopic (exact) mass is 183 g/mol. The zero-order chi connectivity index (χ0) is 9.97. The third kappa shape index (κ3) is 1.63. The second kappa shape index (κ2) is 3.57. The van der Waals surface area contributed by atoms with Gasteiger partial charge in [0.15, 0.2) is 0 Å². The third-order valence-corrected chi connectivity index (χ3v) is 2.29. The molecule has 1 aromatic heterocycles. The SMILES string of the molecule is C=C(C)c1cc2c([nH]1)/C=C\C=C=CC2. The Morgan fingerprint density at radius 3 is 3.21 bits per heavy atom. The lowest BCUT2D eigenvalue weighted by atomic mass is 10.1. The van der Waals surface area contributed by atoms with E-state index in [1.807, 2.05) is 25.2 Å². The molecule has 0 aliphatic heterocycles. The van der Waals surface area contributed by atoms with Gasteiger partial charge in [0.05, 0.1) is 0 Å². The summed E-state index contributed by atoms with van der Waals surface area (Å²) in [6, 6.07) is 2.16. The highest BCUT2D eigenvalue weighted by Gasteiger charge is 2.05. The first-order chi connectivity index (χ1) is 6.77. The van der Waals surface area contributed by atoms with Crippen LogP contribution in [0.4, 0.5) is 0 Å². The lowest BCUT2D eigenvalue weighted by Gasteiger charge is -1.94. The number of H-pyrrole nitrogens is 1. The fourth-order valence-corrected chi connectivity index (χ4v) is 1.50. The van der Waals surface area contributed by atoms with Crippen LogP contribution in [-0.4, -0.2) is 4.98 Å². The molecule has 1 N–H and O–H groups in total. The fourth-order valence-electron chi connectivity index (χ4n) is 1.50. The van der Waals surface area contributed by atoms with E-state index in [2.05, 4.69) is 29.4 Å². The normalized spacial score (nSPS) is 15.8. The van der Waals surface area contributed by atoms with Crippen LogP contribution in [0.1, 0.15) is 23.9 Å². The minimum atomic E-state index is 0.931. The third-order valence-electron chi connectivity index (χ3n) is 2.29. The van der Waals surface area contributed by atoms with E-state index < -0.39 is 0 Å². The molecule has 0 saturated heterocycles. The Morgan fingerprint density at radius 2 is 2.43 bits per heavy atom. The van der Waals surface area contributed by atoms with Gasteiger partial charge in [-0.25, -0.2) is 0 Å². The Balaban J connectivity index is 2.46. The second-order valence-corrected chi connectivity index (χ2v) is 3.50. The van der Waals surface area contributed by atoms with Crippen molar-refractivity contribution in [1.29, 1.82) is 0 Å². The summed E-state index contributed by atoms with van der Waals surface area (Å²) in [6.45, 7) is 5.94. The van der Waals surface area contributed by atoms with Crippen molar-refractivity contribution in [1.82, 2.24) is 4.98 Å². The molecule has 14 heavy (non-hydrogen) atoms. The molecular formula is C13H13N. The Labute approximate surface area is 84.2 Å². The summed E-state index contributed by atoms with van der Waals surface area (Å²) in [5.41, 5.74) is 7.77. The maximum absolute atomic E-state index is 3.93. The van der Waals surface area contributed by atoms with E-state index in [9.17, 15) is 0 Å². The smallest absolute Gasteiger partial charge is 0.0421 e. The first-order valence-corrected chi connectivity index (χ1v) is 4.73. The van der Waals surface area contributed by atoms with Crippen LogP contribution in [0.2, 0.25) is 0 Å². The van der Waals surface area contributed by atoms with E-state index in [-0.39, 0.29) is 0 Å². The number of aromatic nitrogens is 1. The molecule has 1 nitrogen and oxygen atoms in total. The zero-order valence-corrected chi connectivity index (χ0v) is 8.30. The summed E-state index contributed by atoms with van der Waals surface area (Å²) in [6.07, 6.45) is 8.96. The average Bonchev–Trinajstić information content (AvgIpc) is 2.48. The largest absolute Gasteiger partial charge is 0.355 e. The predicted molar refractivity (Wildman–Crippen MR) is 60.9 cm³/mol. The quantitative estimate of drug-likeness (QED) is 0.643. The molecule has 0 aromatic carbocycles. The van der Waals surface area contributed by atoms with Crippen molar-refractivity contribution in [2.24, 2.45) is 0 Å². The van der Waals surface area contributed by atoms with Crippen LogP contribution in [0, 0.1) is 0 Å². The lowest BCUT2D eigenvalue weighted by molar-refractivity contribution is 1.24. The standard InChI is InChI=1S/C13H13N/c1-10(2)13-9-11-7-5-3-4-6-8-12(11)14-13/h4-6,8-9,14H,1,7H2,2H3/b8-6-. The fraction of sp³-hybridized carbons (Fsp3) is 0.154. The van der Waals surface area contributed by atoms with Gasteiger partial charge in [-0.3, -0.25) is 0 Å². The summed E-state index contributed by atoms with van der Waals surface area (Å²) in [5.74, 6) is 0. The van der Waals surface area contributed by atoms with Crippen LogP contribution in [-0.2, 0) is 6.42 Å². The Bertz CT molecular complexity index is 452. The van der Waals surface area contributed by atoms with Gasteiger partial charge in [-0.2, -0.15) is 0 Å². The molecule has 0 unspecified atom stereocenters. The van der Waals surface area contributed by atoms with Gasteiger partial charge >= 0.3 is 0 Å². The van der Waals surface area contributed by atoms with Crippen LogP contribution in [0.5, 0.6) is 0 Å². The molecule has 1 aliphatic carbocycles. The minimum Gasteiger partial charge on any atom is -0.355 e. The van der Waals surface area contributed by atoms with Gasteiger partial charge < -0.3 is 4.98 Å². The van der Waals surface area contributed by atoms with E-state index in [1.165, 1.54) is 11.3 Å². The maximum Gasteiger partial charge on any atom is 0.0421 e. The van der Waals surface area contributed by atoms with Crippen LogP contribution in [0.15, 0.2) is 36.6 Å². The molecule has 1 heterocycles. The number of rotatable bonds is 1. The first-order valence-electron chi connectivity index (χ1n) is 4.73. The first kappa shape index (κ1) is 8.86. The van der Waals surface area contributed by atoms with Gasteiger partial charge in [0.25, 0.3) is 0 Å². The van der Waals surface area contributed by atoms with Crippen molar-refractivity contribution < 1.29 is 0 Å². The van der Waals surface area contributed by atoms with Crippen molar-refractivity contribution in [3.63, 3.8) is 0 Å². The van der Waals surface area contributed by atoms with Crippen molar-refractivity contribution in [2.75, 3.05) is 0 Å². The highest BCUT2D eigenvalue weighted by atomic mass is 14.7. The molecule has 0 atom stereocenters. The summed E-state index contributed by atoms with van der Waals surface area (Å²) in [5, 5.41) is 0. The molecule has 0 amide bonds. The summed E-state index contributed by atoms with van der Waals surface area (Å²) in [7, 11) is 0. The van der Waals surface area contributed by atoms with E-state index in [0.717, 1.165) is 17.7 Å². The van der Waals surface area contributed by atoms with Crippen LogP contribution >= 0.6 is 0 Å². The molecule has 2 rings (SSSR count). The van der Waals surface area contributed by atoms with Gasteiger partial charge in [0.2, 0.25) is 0 Å². The topological polar surface area (TPSA) is 15.8 Å². The molecule has 0 radical (unpaired) electrons. The van der Waals surface area contributed by atoms with Crippen molar-refractivity contribution in [3.8, 4) is 0 Å². The number of aromatic amines is 1.